The lowest BCUT2D eigenvalue weighted by atomic mass is 10.0. The number of aryl methyl sites for hydroxylation is 1. The number of rotatable bonds is 3. The van der Waals surface area contributed by atoms with E-state index < -0.39 is 0 Å². The smallest absolute Gasteiger partial charge is 0.231 e. The highest BCUT2D eigenvalue weighted by molar-refractivity contribution is 5.82. The highest BCUT2D eigenvalue weighted by Gasteiger charge is 2.21. The predicted octanol–water partition coefficient (Wildman–Crippen LogP) is 2.39. The van der Waals surface area contributed by atoms with Gasteiger partial charge in [0.25, 0.3) is 0 Å². The summed E-state index contributed by atoms with van der Waals surface area (Å²) < 4.78 is 21.5. The van der Waals surface area contributed by atoms with Crippen molar-refractivity contribution in [2.45, 2.75) is 6.92 Å². The molecule has 1 aromatic heterocycles. The Kier molecular flexibility index (Phi) is 3.21. The van der Waals surface area contributed by atoms with Crippen LogP contribution in [-0.4, -0.2) is 26.0 Å². The van der Waals surface area contributed by atoms with Crippen molar-refractivity contribution in [3.05, 3.63) is 23.9 Å². The summed E-state index contributed by atoms with van der Waals surface area (Å²) in [4.78, 5) is 4.31. The first kappa shape index (κ1) is 13.4. The van der Waals surface area contributed by atoms with Gasteiger partial charge in [-0.05, 0) is 19.1 Å². The number of hydrogen-bond acceptors (Lipinski definition) is 6. The minimum atomic E-state index is 0.201. The number of nitrogens with zero attached hydrogens (tertiary/aromatic N) is 1. The fourth-order valence-electron chi connectivity index (χ4n) is 2.33. The van der Waals surface area contributed by atoms with E-state index >= 15 is 0 Å². The highest BCUT2D eigenvalue weighted by Crippen LogP contribution is 2.44. The van der Waals surface area contributed by atoms with E-state index in [4.69, 9.17) is 24.7 Å². The Labute approximate surface area is 122 Å². The average Bonchev–Trinajstić information content (AvgIpc) is 2.93. The standard InChI is InChI=1S/C15H16N2O4/c1-8-11(18-2)5-10(15(16)17-8)9-4-13-14(21-7-20-13)6-12(9)19-3/h4-6H,7H2,1-3H3,(H2,16,17). The second-order valence-corrected chi connectivity index (χ2v) is 4.61. The maximum absolute atomic E-state index is 6.05. The summed E-state index contributed by atoms with van der Waals surface area (Å²) in [6.07, 6.45) is 0. The van der Waals surface area contributed by atoms with Crippen LogP contribution in [0.25, 0.3) is 11.1 Å². The monoisotopic (exact) mass is 288 g/mol. The van der Waals surface area contributed by atoms with Gasteiger partial charge in [0.05, 0.1) is 19.9 Å². The molecule has 1 aromatic carbocycles. The Morgan fingerprint density at radius 2 is 1.67 bits per heavy atom. The molecule has 110 valence electrons. The first-order valence-electron chi connectivity index (χ1n) is 6.43. The third kappa shape index (κ3) is 2.18. The van der Waals surface area contributed by atoms with Crippen LogP contribution >= 0.6 is 0 Å². The molecule has 0 aliphatic carbocycles. The Morgan fingerprint density at radius 1 is 1.00 bits per heavy atom. The molecule has 0 saturated carbocycles. The number of pyridine rings is 1. The number of anilines is 1. The zero-order valence-corrected chi connectivity index (χ0v) is 12.1. The van der Waals surface area contributed by atoms with Crippen LogP contribution in [0.5, 0.6) is 23.0 Å². The van der Waals surface area contributed by atoms with Gasteiger partial charge in [-0.15, -0.1) is 0 Å². The van der Waals surface area contributed by atoms with Gasteiger partial charge in [0.1, 0.15) is 17.3 Å². The Balaban J connectivity index is 2.20. The Hall–Kier alpha value is -2.63. The van der Waals surface area contributed by atoms with Gasteiger partial charge in [-0.25, -0.2) is 4.98 Å². The number of nitrogen functional groups attached to an aromatic ring is 1. The van der Waals surface area contributed by atoms with E-state index in [1.807, 2.05) is 19.1 Å². The van der Waals surface area contributed by atoms with Gasteiger partial charge in [0, 0.05) is 17.2 Å². The van der Waals surface area contributed by atoms with Crippen molar-refractivity contribution in [1.82, 2.24) is 4.98 Å². The number of aromatic nitrogens is 1. The van der Waals surface area contributed by atoms with Crippen molar-refractivity contribution in [2.75, 3.05) is 26.7 Å². The SMILES string of the molecule is COc1cc2c(cc1-c1cc(OC)c(C)nc1N)OCO2. The van der Waals surface area contributed by atoms with Gasteiger partial charge in [-0.2, -0.15) is 0 Å². The lowest BCUT2D eigenvalue weighted by Gasteiger charge is -2.14. The number of fused-ring (bicyclic) bond motifs is 1. The van der Waals surface area contributed by atoms with Crippen LogP contribution in [0.15, 0.2) is 18.2 Å². The molecule has 0 saturated heterocycles. The largest absolute Gasteiger partial charge is 0.496 e. The normalized spacial score (nSPS) is 12.3. The van der Waals surface area contributed by atoms with Crippen LogP contribution in [0.1, 0.15) is 5.69 Å². The van der Waals surface area contributed by atoms with Crippen molar-refractivity contribution < 1.29 is 18.9 Å². The van der Waals surface area contributed by atoms with Crippen LogP contribution in [0.2, 0.25) is 0 Å². The summed E-state index contributed by atoms with van der Waals surface area (Å²) in [5.41, 5.74) is 8.30. The molecule has 0 amide bonds. The van der Waals surface area contributed by atoms with Gasteiger partial charge in [-0.1, -0.05) is 0 Å². The van der Waals surface area contributed by atoms with E-state index in [2.05, 4.69) is 4.98 Å². The van der Waals surface area contributed by atoms with Gasteiger partial charge >= 0.3 is 0 Å². The Bertz CT molecular complexity index is 701. The molecule has 2 heterocycles. The van der Waals surface area contributed by atoms with Gasteiger partial charge in [-0.3, -0.25) is 0 Å². The Morgan fingerprint density at radius 3 is 2.33 bits per heavy atom. The van der Waals surface area contributed by atoms with Gasteiger partial charge in [0.2, 0.25) is 6.79 Å². The van der Waals surface area contributed by atoms with E-state index in [1.54, 1.807) is 20.3 Å². The summed E-state index contributed by atoms with van der Waals surface area (Å²) >= 11 is 0. The molecule has 6 heteroatoms. The molecule has 0 fully saturated rings. The summed E-state index contributed by atoms with van der Waals surface area (Å²) in [6, 6.07) is 5.46. The van der Waals surface area contributed by atoms with Crippen LogP contribution in [0.3, 0.4) is 0 Å². The van der Waals surface area contributed by atoms with Crippen molar-refractivity contribution in [3.8, 4) is 34.1 Å². The number of methoxy groups -OCH3 is 2. The molecule has 0 bridgehead atoms. The minimum Gasteiger partial charge on any atom is -0.496 e. The molecule has 21 heavy (non-hydrogen) atoms. The van der Waals surface area contributed by atoms with E-state index in [0.717, 1.165) is 16.8 Å². The van der Waals surface area contributed by atoms with Gasteiger partial charge in [0.15, 0.2) is 11.5 Å². The molecule has 2 aromatic rings. The first-order valence-corrected chi connectivity index (χ1v) is 6.43. The number of hydrogen-bond donors (Lipinski definition) is 1. The fourth-order valence-corrected chi connectivity index (χ4v) is 2.33. The van der Waals surface area contributed by atoms with Crippen molar-refractivity contribution in [3.63, 3.8) is 0 Å². The molecule has 6 nitrogen and oxygen atoms in total. The molecule has 0 spiro atoms. The van der Waals surface area contributed by atoms with Crippen molar-refractivity contribution in [1.29, 1.82) is 0 Å². The topological polar surface area (TPSA) is 75.8 Å². The zero-order chi connectivity index (χ0) is 15.0. The van der Waals surface area contributed by atoms with Crippen LogP contribution in [0.4, 0.5) is 5.82 Å². The van der Waals surface area contributed by atoms with Gasteiger partial charge < -0.3 is 24.7 Å². The summed E-state index contributed by atoms with van der Waals surface area (Å²) in [5.74, 6) is 3.02. The van der Waals surface area contributed by atoms with E-state index in [9.17, 15) is 0 Å². The van der Waals surface area contributed by atoms with E-state index in [1.165, 1.54) is 0 Å². The first-order chi connectivity index (χ1) is 10.1. The number of nitrogens with two attached hydrogens (primary N) is 1. The average molecular weight is 288 g/mol. The lowest BCUT2D eigenvalue weighted by molar-refractivity contribution is 0.174. The van der Waals surface area contributed by atoms with E-state index in [0.29, 0.717) is 28.8 Å². The molecular weight excluding hydrogens is 272 g/mol. The lowest BCUT2D eigenvalue weighted by Crippen LogP contribution is -2.00. The van der Waals surface area contributed by atoms with Crippen LogP contribution in [0, 0.1) is 6.92 Å². The second kappa shape index (κ2) is 5.05. The molecule has 0 radical (unpaired) electrons. The van der Waals surface area contributed by atoms with Crippen molar-refractivity contribution in [2.24, 2.45) is 0 Å². The highest BCUT2D eigenvalue weighted by atomic mass is 16.7. The minimum absolute atomic E-state index is 0.201. The number of ether oxygens (including phenoxy) is 4. The summed E-state index contributed by atoms with van der Waals surface area (Å²) in [7, 11) is 3.19. The van der Waals surface area contributed by atoms with Crippen LogP contribution < -0.4 is 24.7 Å². The van der Waals surface area contributed by atoms with Crippen molar-refractivity contribution >= 4 is 5.82 Å². The molecule has 2 N–H and O–H groups in total. The maximum Gasteiger partial charge on any atom is 0.231 e. The van der Waals surface area contributed by atoms with E-state index in [-0.39, 0.29) is 6.79 Å². The molecule has 0 unspecified atom stereocenters. The second-order valence-electron chi connectivity index (χ2n) is 4.61. The quantitative estimate of drug-likeness (QED) is 0.934. The number of benzene rings is 1. The molecule has 1 aliphatic rings. The van der Waals surface area contributed by atoms with Crippen LogP contribution in [-0.2, 0) is 0 Å². The summed E-state index contributed by atoms with van der Waals surface area (Å²) in [6.45, 7) is 2.04. The maximum atomic E-state index is 6.05. The molecule has 1 aliphatic heterocycles. The predicted molar refractivity (Wildman–Crippen MR) is 78.0 cm³/mol. The molecular formula is C15H16N2O4. The molecule has 0 atom stereocenters. The molecule has 3 rings (SSSR count). The fraction of sp³-hybridized carbons (Fsp3) is 0.267. The zero-order valence-electron chi connectivity index (χ0n) is 12.1. The third-order valence-electron chi connectivity index (χ3n) is 3.40. The third-order valence-corrected chi connectivity index (χ3v) is 3.40. The summed E-state index contributed by atoms with van der Waals surface area (Å²) in [5, 5.41) is 0.